The minimum absolute atomic E-state index is 0.198. The maximum absolute atomic E-state index is 12.5. The number of hydrogen-bond acceptors (Lipinski definition) is 4. The summed E-state index contributed by atoms with van der Waals surface area (Å²) in [5.74, 6) is -0.198. The number of pyridine rings is 2. The molecule has 7 nitrogen and oxygen atoms in total. The number of carbonyl (C=O) groups is 1. The van der Waals surface area contributed by atoms with Gasteiger partial charge >= 0.3 is 0 Å². The number of fused-ring (bicyclic) bond motifs is 1. The molecule has 3 aromatic heterocycles. The number of rotatable bonds is 3. The zero-order valence-corrected chi connectivity index (χ0v) is 13.8. The maximum atomic E-state index is 12.5. The summed E-state index contributed by atoms with van der Waals surface area (Å²) in [5, 5.41) is 0. The molecule has 0 unspecified atom stereocenters. The number of aromatic amines is 1. The predicted octanol–water partition coefficient (Wildman–Crippen LogP) is 0.981. The van der Waals surface area contributed by atoms with Crippen LogP contribution in [0.5, 0.6) is 0 Å². The van der Waals surface area contributed by atoms with Crippen LogP contribution < -0.4 is 5.56 Å². The van der Waals surface area contributed by atoms with Gasteiger partial charge in [-0.05, 0) is 24.3 Å². The molecule has 25 heavy (non-hydrogen) atoms. The number of amides is 1. The molecule has 0 aliphatic carbocycles. The molecule has 1 fully saturated rings. The molecule has 1 amide bonds. The molecule has 128 valence electrons. The van der Waals surface area contributed by atoms with Gasteiger partial charge in [0, 0.05) is 45.1 Å². The van der Waals surface area contributed by atoms with Gasteiger partial charge in [-0.3, -0.25) is 14.5 Å². The second-order valence-corrected chi connectivity index (χ2v) is 6.16. The summed E-state index contributed by atoms with van der Waals surface area (Å²) in [5.41, 5.74) is 1.95. The number of nitrogens with one attached hydrogen (secondary N) is 1. The van der Waals surface area contributed by atoms with Crippen LogP contribution in [0.3, 0.4) is 0 Å². The van der Waals surface area contributed by atoms with Gasteiger partial charge < -0.3 is 14.3 Å². The van der Waals surface area contributed by atoms with Crippen molar-refractivity contribution in [2.24, 2.45) is 0 Å². The number of imidazole rings is 1. The highest BCUT2D eigenvalue weighted by Gasteiger charge is 2.24. The Morgan fingerprint density at radius 1 is 1.12 bits per heavy atom. The molecule has 1 N–H and O–H groups in total. The van der Waals surface area contributed by atoms with Gasteiger partial charge in [-0.25, -0.2) is 4.98 Å². The number of H-pyrrole nitrogens is 1. The van der Waals surface area contributed by atoms with E-state index in [9.17, 15) is 9.59 Å². The first-order chi connectivity index (χ1) is 12.2. The number of carbonyl (C=O) groups excluding carboxylic acids is 1. The lowest BCUT2D eigenvalue weighted by atomic mass is 10.2. The molecular weight excluding hydrogens is 318 g/mol. The molecule has 0 atom stereocenters. The van der Waals surface area contributed by atoms with E-state index in [-0.39, 0.29) is 17.0 Å². The van der Waals surface area contributed by atoms with Crippen LogP contribution in [0.15, 0.2) is 53.7 Å². The molecule has 0 radical (unpaired) electrons. The van der Waals surface area contributed by atoms with Gasteiger partial charge in [0.05, 0.1) is 11.9 Å². The van der Waals surface area contributed by atoms with E-state index in [4.69, 9.17) is 0 Å². The predicted molar refractivity (Wildman–Crippen MR) is 93.4 cm³/mol. The summed E-state index contributed by atoms with van der Waals surface area (Å²) in [6.45, 7) is 3.57. The summed E-state index contributed by atoms with van der Waals surface area (Å²) in [4.78, 5) is 35.3. The van der Waals surface area contributed by atoms with Gasteiger partial charge in [-0.15, -0.1) is 0 Å². The third kappa shape index (κ3) is 3.06. The fourth-order valence-corrected chi connectivity index (χ4v) is 3.20. The Bertz CT molecular complexity index is 953. The summed E-state index contributed by atoms with van der Waals surface area (Å²) in [6.07, 6.45) is 5.45. The largest absolute Gasteiger partial charge is 0.336 e. The zero-order chi connectivity index (χ0) is 17.2. The number of aromatic nitrogens is 3. The van der Waals surface area contributed by atoms with E-state index < -0.39 is 0 Å². The standard InChI is InChI=1S/C18H19N5O2/c24-17-15(4-3-6-19-17)18(25)22-10-8-21(9-11-22)13-14-12-20-16-5-1-2-7-23(14)16/h1-7,12H,8-11,13H2,(H,19,24). The van der Waals surface area contributed by atoms with Crippen molar-refractivity contribution in [3.63, 3.8) is 0 Å². The molecule has 0 bridgehead atoms. The Morgan fingerprint density at radius 2 is 1.96 bits per heavy atom. The number of nitrogens with zero attached hydrogens (tertiary/aromatic N) is 4. The fraction of sp³-hybridized carbons (Fsp3) is 0.278. The minimum Gasteiger partial charge on any atom is -0.336 e. The second-order valence-electron chi connectivity index (χ2n) is 6.16. The summed E-state index contributed by atoms with van der Waals surface area (Å²) < 4.78 is 2.08. The number of piperazine rings is 1. The van der Waals surface area contributed by atoms with Crippen molar-refractivity contribution >= 4 is 11.6 Å². The van der Waals surface area contributed by atoms with E-state index in [1.165, 1.54) is 6.20 Å². The van der Waals surface area contributed by atoms with E-state index in [2.05, 4.69) is 19.3 Å². The topological polar surface area (TPSA) is 73.7 Å². The van der Waals surface area contributed by atoms with Crippen molar-refractivity contribution in [3.8, 4) is 0 Å². The van der Waals surface area contributed by atoms with E-state index in [1.807, 2.05) is 30.6 Å². The van der Waals surface area contributed by atoms with Gasteiger partial charge in [-0.1, -0.05) is 6.07 Å². The Balaban J connectivity index is 1.41. The molecule has 4 heterocycles. The highest BCUT2D eigenvalue weighted by molar-refractivity contribution is 5.93. The van der Waals surface area contributed by atoms with E-state index >= 15 is 0 Å². The van der Waals surface area contributed by atoms with Crippen LogP contribution in [0.25, 0.3) is 5.65 Å². The van der Waals surface area contributed by atoms with Crippen LogP contribution in [0.1, 0.15) is 16.1 Å². The third-order valence-corrected chi connectivity index (χ3v) is 4.59. The van der Waals surface area contributed by atoms with Crippen LogP contribution >= 0.6 is 0 Å². The van der Waals surface area contributed by atoms with Gasteiger partial charge in [0.15, 0.2) is 0 Å². The summed E-state index contributed by atoms with van der Waals surface area (Å²) >= 11 is 0. The zero-order valence-electron chi connectivity index (χ0n) is 13.8. The van der Waals surface area contributed by atoms with Crippen molar-refractivity contribution in [2.45, 2.75) is 6.54 Å². The monoisotopic (exact) mass is 337 g/mol. The molecule has 0 aromatic carbocycles. The Hall–Kier alpha value is -2.93. The van der Waals surface area contributed by atoms with Crippen molar-refractivity contribution in [2.75, 3.05) is 26.2 Å². The van der Waals surface area contributed by atoms with Crippen LogP contribution in [0.4, 0.5) is 0 Å². The van der Waals surface area contributed by atoms with Crippen molar-refractivity contribution < 1.29 is 4.79 Å². The highest BCUT2D eigenvalue weighted by atomic mass is 16.2. The average Bonchev–Trinajstić information content (AvgIpc) is 3.05. The summed E-state index contributed by atoms with van der Waals surface area (Å²) in [7, 11) is 0. The van der Waals surface area contributed by atoms with E-state index in [0.717, 1.165) is 31.0 Å². The van der Waals surface area contributed by atoms with Crippen LogP contribution in [0, 0.1) is 0 Å². The third-order valence-electron chi connectivity index (χ3n) is 4.59. The van der Waals surface area contributed by atoms with Gasteiger partial charge in [0.2, 0.25) is 0 Å². The van der Waals surface area contributed by atoms with Crippen molar-refractivity contribution in [1.29, 1.82) is 0 Å². The molecule has 1 aliphatic heterocycles. The molecule has 1 aliphatic rings. The minimum atomic E-state index is -0.333. The SMILES string of the molecule is O=C(c1ccc[nH]c1=O)N1CCN(Cc2cnc3ccccn23)CC1. The molecule has 7 heteroatoms. The number of hydrogen-bond donors (Lipinski definition) is 1. The van der Waals surface area contributed by atoms with Gasteiger partial charge in [0.25, 0.3) is 11.5 Å². The normalized spacial score (nSPS) is 15.6. The average molecular weight is 337 g/mol. The molecule has 1 saturated heterocycles. The Kier molecular flexibility index (Phi) is 4.07. The lowest BCUT2D eigenvalue weighted by Crippen LogP contribution is -2.49. The molecular formula is C18H19N5O2. The van der Waals surface area contributed by atoms with Crippen molar-refractivity contribution in [3.05, 3.63) is 70.5 Å². The van der Waals surface area contributed by atoms with E-state index in [0.29, 0.717) is 13.1 Å². The molecule has 0 saturated carbocycles. The van der Waals surface area contributed by atoms with Crippen LogP contribution in [-0.4, -0.2) is 56.3 Å². The lowest BCUT2D eigenvalue weighted by molar-refractivity contribution is 0.0625. The maximum Gasteiger partial charge on any atom is 0.260 e. The first kappa shape index (κ1) is 15.6. The fourth-order valence-electron chi connectivity index (χ4n) is 3.20. The molecule has 4 rings (SSSR count). The van der Waals surface area contributed by atoms with Crippen LogP contribution in [0.2, 0.25) is 0 Å². The molecule has 0 spiro atoms. The first-order valence-corrected chi connectivity index (χ1v) is 8.33. The lowest BCUT2D eigenvalue weighted by Gasteiger charge is -2.34. The molecule has 3 aromatic rings. The van der Waals surface area contributed by atoms with E-state index in [1.54, 1.807) is 17.0 Å². The quantitative estimate of drug-likeness (QED) is 0.773. The Labute approximate surface area is 144 Å². The summed E-state index contributed by atoms with van der Waals surface area (Å²) in [6, 6.07) is 9.20. The Morgan fingerprint density at radius 3 is 2.76 bits per heavy atom. The van der Waals surface area contributed by atoms with Crippen molar-refractivity contribution in [1.82, 2.24) is 24.2 Å². The van der Waals surface area contributed by atoms with Gasteiger partial charge in [-0.2, -0.15) is 0 Å². The smallest absolute Gasteiger partial charge is 0.260 e. The highest BCUT2D eigenvalue weighted by Crippen LogP contribution is 2.12. The first-order valence-electron chi connectivity index (χ1n) is 8.33. The second kappa shape index (κ2) is 6.52. The van der Waals surface area contributed by atoms with Crippen LogP contribution in [-0.2, 0) is 6.54 Å². The van der Waals surface area contributed by atoms with Gasteiger partial charge in [0.1, 0.15) is 11.2 Å².